The van der Waals surface area contributed by atoms with Crippen molar-refractivity contribution in [1.29, 1.82) is 5.26 Å². The zero-order valence-electron chi connectivity index (χ0n) is 9.53. The van der Waals surface area contributed by atoms with Gasteiger partial charge in [0.05, 0.1) is 6.07 Å². The highest BCUT2D eigenvalue weighted by atomic mass is 16.2. The Kier molecular flexibility index (Phi) is 4.77. The van der Waals surface area contributed by atoms with Crippen LogP contribution in [0.4, 0.5) is 0 Å². The number of amides is 2. The first kappa shape index (κ1) is 12.5. The molecule has 1 rings (SSSR count). The Morgan fingerprint density at radius 2 is 2.19 bits per heavy atom. The van der Waals surface area contributed by atoms with Gasteiger partial charge >= 0.3 is 11.8 Å². The van der Waals surface area contributed by atoms with E-state index in [1.54, 1.807) is 11.0 Å². The summed E-state index contributed by atoms with van der Waals surface area (Å²) < 4.78 is 0. The van der Waals surface area contributed by atoms with E-state index in [9.17, 15) is 9.59 Å². The largest absolute Gasteiger partial charge is 0.335 e. The number of hydrogen-bond donors (Lipinski definition) is 1. The van der Waals surface area contributed by atoms with Crippen molar-refractivity contribution in [2.45, 2.75) is 26.2 Å². The van der Waals surface area contributed by atoms with Gasteiger partial charge < -0.3 is 10.2 Å². The van der Waals surface area contributed by atoms with Gasteiger partial charge in [0, 0.05) is 13.1 Å². The lowest BCUT2D eigenvalue weighted by molar-refractivity contribution is -0.146. The Morgan fingerprint density at radius 1 is 1.50 bits per heavy atom. The third-order valence-corrected chi connectivity index (χ3v) is 2.89. The lowest BCUT2D eigenvalue weighted by Gasteiger charge is -2.31. The summed E-state index contributed by atoms with van der Waals surface area (Å²) in [7, 11) is 0. The van der Waals surface area contributed by atoms with E-state index in [2.05, 4.69) is 5.32 Å². The third kappa shape index (κ3) is 3.23. The maximum atomic E-state index is 11.7. The first-order chi connectivity index (χ1) is 7.69. The van der Waals surface area contributed by atoms with Gasteiger partial charge in [0.25, 0.3) is 0 Å². The first-order valence-corrected chi connectivity index (χ1v) is 5.63. The fourth-order valence-corrected chi connectivity index (χ4v) is 1.68. The molecule has 2 amide bonds. The fraction of sp³-hybridized carbons (Fsp3) is 0.727. The third-order valence-electron chi connectivity index (χ3n) is 2.89. The van der Waals surface area contributed by atoms with Crippen LogP contribution in [0.1, 0.15) is 26.2 Å². The summed E-state index contributed by atoms with van der Waals surface area (Å²) in [4.78, 5) is 24.5. The molecule has 1 aliphatic rings. The lowest BCUT2D eigenvalue weighted by Crippen LogP contribution is -2.45. The fourth-order valence-electron chi connectivity index (χ4n) is 1.68. The highest BCUT2D eigenvalue weighted by Crippen LogP contribution is 2.26. The molecule has 0 aromatic carbocycles. The van der Waals surface area contributed by atoms with Gasteiger partial charge in [-0.15, -0.1) is 0 Å². The summed E-state index contributed by atoms with van der Waals surface area (Å²) in [5.41, 5.74) is 0. The van der Waals surface area contributed by atoms with Crippen molar-refractivity contribution in [3.05, 3.63) is 0 Å². The minimum absolute atomic E-state index is 0.119. The smallest absolute Gasteiger partial charge is 0.311 e. The van der Waals surface area contributed by atoms with E-state index >= 15 is 0 Å². The summed E-state index contributed by atoms with van der Waals surface area (Å²) in [6.07, 6.45) is 3.50. The number of nitriles is 1. The average molecular weight is 223 g/mol. The summed E-state index contributed by atoms with van der Waals surface area (Å²) >= 11 is 0. The Balaban J connectivity index is 2.41. The molecule has 16 heavy (non-hydrogen) atoms. The van der Waals surface area contributed by atoms with E-state index in [1.807, 2.05) is 6.92 Å². The molecule has 0 bridgehead atoms. The molecule has 0 aliphatic heterocycles. The molecule has 0 atom stereocenters. The molecule has 0 aromatic rings. The SMILES string of the molecule is CCN(CC1CCC1)C(=O)C(=O)NCC#N. The summed E-state index contributed by atoms with van der Waals surface area (Å²) in [6, 6.07) is 1.77. The quantitative estimate of drug-likeness (QED) is 0.549. The number of rotatable bonds is 4. The number of likely N-dealkylation sites (N-methyl/N-ethyl adjacent to an activating group) is 1. The normalized spacial score (nSPS) is 14.8. The second kappa shape index (κ2) is 6.11. The van der Waals surface area contributed by atoms with Crippen molar-refractivity contribution in [3.8, 4) is 6.07 Å². The van der Waals surface area contributed by atoms with E-state index < -0.39 is 11.8 Å². The Morgan fingerprint density at radius 3 is 2.62 bits per heavy atom. The predicted molar refractivity (Wildman–Crippen MR) is 58.2 cm³/mol. The van der Waals surface area contributed by atoms with Gasteiger partial charge in [0.15, 0.2) is 0 Å². The van der Waals surface area contributed by atoms with Crippen molar-refractivity contribution >= 4 is 11.8 Å². The molecule has 88 valence electrons. The van der Waals surface area contributed by atoms with Crippen LogP contribution in [0.25, 0.3) is 0 Å². The molecule has 1 N–H and O–H groups in total. The van der Waals surface area contributed by atoms with Crippen LogP contribution >= 0.6 is 0 Å². The summed E-state index contributed by atoms with van der Waals surface area (Å²) in [5, 5.41) is 10.6. The Hall–Kier alpha value is -1.57. The molecular formula is C11H17N3O2. The average Bonchev–Trinajstić information content (AvgIpc) is 2.24. The number of carbonyl (C=O) groups excluding carboxylic acids is 2. The molecule has 0 spiro atoms. The van der Waals surface area contributed by atoms with Crippen molar-refractivity contribution in [2.75, 3.05) is 19.6 Å². The van der Waals surface area contributed by atoms with Crippen LogP contribution in [0.15, 0.2) is 0 Å². The molecule has 1 fully saturated rings. The highest BCUT2D eigenvalue weighted by molar-refractivity contribution is 6.35. The van der Waals surface area contributed by atoms with Gasteiger partial charge in [0.2, 0.25) is 0 Å². The van der Waals surface area contributed by atoms with Crippen LogP contribution in [-0.4, -0.2) is 36.3 Å². The monoisotopic (exact) mass is 223 g/mol. The molecule has 0 unspecified atom stereocenters. The van der Waals surface area contributed by atoms with Crippen molar-refractivity contribution in [1.82, 2.24) is 10.2 Å². The predicted octanol–water partition coefficient (Wildman–Crippen LogP) is 0.275. The number of carbonyl (C=O) groups is 2. The molecule has 0 aromatic heterocycles. The zero-order chi connectivity index (χ0) is 12.0. The van der Waals surface area contributed by atoms with Gasteiger partial charge in [-0.25, -0.2) is 0 Å². The number of hydrogen-bond acceptors (Lipinski definition) is 3. The van der Waals surface area contributed by atoms with Gasteiger partial charge in [-0.1, -0.05) is 6.42 Å². The van der Waals surface area contributed by atoms with E-state index in [0.29, 0.717) is 19.0 Å². The molecule has 1 aliphatic carbocycles. The second-order valence-electron chi connectivity index (χ2n) is 3.98. The number of nitrogens with one attached hydrogen (secondary N) is 1. The Bertz CT molecular complexity index is 305. The molecule has 0 radical (unpaired) electrons. The van der Waals surface area contributed by atoms with Crippen LogP contribution in [0.3, 0.4) is 0 Å². The van der Waals surface area contributed by atoms with Gasteiger partial charge in [0.1, 0.15) is 6.54 Å². The van der Waals surface area contributed by atoms with Gasteiger partial charge in [-0.2, -0.15) is 5.26 Å². The lowest BCUT2D eigenvalue weighted by atomic mass is 9.85. The van der Waals surface area contributed by atoms with Gasteiger partial charge in [-0.3, -0.25) is 9.59 Å². The van der Waals surface area contributed by atoms with Crippen LogP contribution in [-0.2, 0) is 9.59 Å². The minimum Gasteiger partial charge on any atom is -0.335 e. The molecule has 0 heterocycles. The summed E-state index contributed by atoms with van der Waals surface area (Å²) in [6.45, 7) is 2.93. The van der Waals surface area contributed by atoms with Gasteiger partial charge in [-0.05, 0) is 25.7 Å². The van der Waals surface area contributed by atoms with Crippen LogP contribution < -0.4 is 5.32 Å². The maximum absolute atomic E-state index is 11.7. The topological polar surface area (TPSA) is 73.2 Å². The van der Waals surface area contributed by atoms with Crippen molar-refractivity contribution in [3.63, 3.8) is 0 Å². The van der Waals surface area contributed by atoms with Crippen LogP contribution in [0, 0.1) is 17.2 Å². The molecule has 0 saturated heterocycles. The van der Waals surface area contributed by atoms with Crippen molar-refractivity contribution in [2.24, 2.45) is 5.92 Å². The van der Waals surface area contributed by atoms with Crippen molar-refractivity contribution < 1.29 is 9.59 Å². The molecule has 5 heteroatoms. The summed E-state index contributed by atoms with van der Waals surface area (Å²) in [5.74, 6) is -0.653. The first-order valence-electron chi connectivity index (χ1n) is 5.63. The second-order valence-corrected chi connectivity index (χ2v) is 3.98. The zero-order valence-corrected chi connectivity index (χ0v) is 9.53. The van der Waals surface area contributed by atoms with Crippen LogP contribution in [0.5, 0.6) is 0 Å². The molecule has 5 nitrogen and oxygen atoms in total. The Labute approximate surface area is 95.4 Å². The number of nitrogens with zero attached hydrogens (tertiary/aromatic N) is 2. The van der Waals surface area contributed by atoms with E-state index in [4.69, 9.17) is 5.26 Å². The maximum Gasteiger partial charge on any atom is 0.311 e. The van der Waals surface area contributed by atoms with E-state index in [1.165, 1.54) is 6.42 Å². The van der Waals surface area contributed by atoms with Crippen LogP contribution in [0.2, 0.25) is 0 Å². The standard InChI is InChI=1S/C11H17N3O2/c1-2-14(8-9-4-3-5-9)11(16)10(15)13-7-6-12/h9H,2-5,7-8H2,1H3,(H,13,15). The minimum atomic E-state index is -0.678. The molecule has 1 saturated carbocycles. The van der Waals surface area contributed by atoms with E-state index in [-0.39, 0.29) is 6.54 Å². The molecular weight excluding hydrogens is 206 g/mol. The van der Waals surface area contributed by atoms with E-state index in [0.717, 1.165) is 12.8 Å². The highest BCUT2D eigenvalue weighted by Gasteiger charge is 2.25.